The molecule has 1 aromatic carbocycles. The Morgan fingerprint density at radius 3 is 1.61 bits per heavy atom. The van der Waals surface area contributed by atoms with Gasteiger partial charge in [0, 0.05) is 45.8 Å². The second-order valence-corrected chi connectivity index (χ2v) is 23.3. The van der Waals surface area contributed by atoms with Crippen molar-refractivity contribution in [1.29, 1.82) is 0 Å². The third-order valence-electron chi connectivity index (χ3n) is 12.3. The molecule has 3 rings (SSSR count). The summed E-state index contributed by atoms with van der Waals surface area (Å²) in [6, 6.07) is 0.545. The molecule has 21 nitrogen and oxygen atoms in total. The maximum atomic E-state index is 14.7. The molecule has 77 heavy (non-hydrogen) atoms. The number of hydrogen-bond acceptors (Lipinski definition) is 13. The van der Waals surface area contributed by atoms with Gasteiger partial charge in [-0.15, -0.1) is 6.58 Å². The van der Waals surface area contributed by atoms with Crippen LogP contribution in [0.5, 0.6) is 0 Å². The summed E-state index contributed by atoms with van der Waals surface area (Å²) in [5.74, 6) is -6.57. The molecule has 2 fully saturated rings. The van der Waals surface area contributed by atoms with E-state index in [1.807, 2.05) is 44.2 Å². The number of nitrogens with one attached hydrogen (secondary N) is 6. The van der Waals surface area contributed by atoms with Gasteiger partial charge in [-0.25, -0.2) is 0 Å². The lowest BCUT2D eigenvalue weighted by Gasteiger charge is -2.34. The van der Waals surface area contributed by atoms with Gasteiger partial charge >= 0.3 is 11.9 Å². The fourth-order valence-electron chi connectivity index (χ4n) is 9.21. The van der Waals surface area contributed by atoms with E-state index >= 15 is 0 Å². The van der Waals surface area contributed by atoms with Crippen molar-refractivity contribution in [1.82, 2.24) is 41.7 Å². The molecule has 0 aromatic heterocycles. The predicted octanol–water partition coefficient (Wildman–Crippen LogP) is 3.45. The van der Waals surface area contributed by atoms with Crippen molar-refractivity contribution in [3.8, 4) is 0 Å². The van der Waals surface area contributed by atoms with Gasteiger partial charge in [0.25, 0.3) is 0 Å². The van der Waals surface area contributed by atoms with E-state index in [0.29, 0.717) is 19.3 Å². The van der Waals surface area contributed by atoms with E-state index in [1.165, 1.54) is 29.7 Å². The number of carbonyl (C=O) groups excluding carboxylic acids is 10. The molecule has 2 heterocycles. The molecule has 1 aromatic rings. The Morgan fingerprint density at radius 2 is 1.12 bits per heavy atom. The van der Waals surface area contributed by atoms with Crippen molar-refractivity contribution in [2.75, 3.05) is 19.6 Å². The largest absolute Gasteiger partial charge is 0.460 e. The average Bonchev–Trinajstić information content (AvgIpc) is 4.01. The van der Waals surface area contributed by atoms with E-state index in [-0.39, 0.29) is 70.5 Å². The van der Waals surface area contributed by atoms with Gasteiger partial charge < -0.3 is 55.9 Å². The van der Waals surface area contributed by atoms with Gasteiger partial charge in [0.15, 0.2) is 0 Å². The van der Waals surface area contributed by atoms with Gasteiger partial charge in [-0.1, -0.05) is 50.3 Å². The number of carbonyl (C=O) groups is 10. The molecule has 0 bridgehead atoms. The highest BCUT2D eigenvalue weighted by Gasteiger charge is 2.43. The Hall–Kier alpha value is -6.38. The van der Waals surface area contributed by atoms with Crippen LogP contribution in [0.1, 0.15) is 153 Å². The van der Waals surface area contributed by atoms with E-state index in [4.69, 9.17) is 14.2 Å². The smallest absolute Gasteiger partial charge is 0.306 e. The minimum atomic E-state index is -1.56. The van der Waals surface area contributed by atoms with Crippen LogP contribution >= 0.6 is 0 Å². The van der Waals surface area contributed by atoms with Crippen molar-refractivity contribution in [3.63, 3.8) is 0 Å². The summed E-state index contributed by atoms with van der Waals surface area (Å²) >= 11 is 0. The standard InChI is InChI=1S/C56H88N8O13/c1-15-29-57-49(70)42-23-19-30-63(42)52(73)39(26-28-45(67)77-56(12,13)14)60-51(72)46(35(4)75-54(6,7)8)62-47(68)38(25-27-44(66)76-55(9,10)11)59-50(71)43-24-20-31-64(43)53(74)41(32-34(2)3)61-48(69)40(58-36(5)65)33-37-21-17-16-18-22-37/h15-18,21-22,34-35,38-43,46H,1,19-20,23-33H2,2-14H3,(H,57,70)(H,58,65)(H,59,71)(H,60,72)(H,61,69)(H,62,68)/t35-,38-,39-,40-,41-,42+,43-,46-/m1/s1. The van der Waals surface area contributed by atoms with Gasteiger partial charge in [-0.2, -0.15) is 0 Å². The van der Waals surface area contributed by atoms with E-state index in [2.05, 4.69) is 38.5 Å². The lowest BCUT2D eigenvalue weighted by molar-refractivity contribution is -0.156. The van der Waals surface area contributed by atoms with E-state index in [9.17, 15) is 47.9 Å². The highest BCUT2D eigenvalue weighted by atomic mass is 16.6. The lowest BCUT2D eigenvalue weighted by Crippen LogP contribution is -2.62. The first kappa shape index (κ1) is 64.9. The molecule has 430 valence electrons. The van der Waals surface area contributed by atoms with E-state index in [0.717, 1.165) is 5.56 Å². The minimum absolute atomic E-state index is 0.0902. The Morgan fingerprint density at radius 1 is 0.623 bits per heavy atom. The summed E-state index contributed by atoms with van der Waals surface area (Å²) in [6.07, 6.45) is 1.01. The number of ether oxygens (including phenoxy) is 3. The van der Waals surface area contributed by atoms with Crippen LogP contribution in [0.2, 0.25) is 0 Å². The summed E-state index contributed by atoms with van der Waals surface area (Å²) in [7, 11) is 0. The molecule has 0 aliphatic carbocycles. The lowest BCUT2D eigenvalue weighted by atomic mass is 10.00. The van der Waals surface area contributed by atoms with Crippen LogP contribution in [0.15, 0.2) is 43.0 Å². The molecule has 0 radical (unpaired) electrons. The highest BCUT2D eigenvalue weighted by molar-refractivity contribution is 5.98. The fraction of sp³-hybridized carbons (Fsp3) is 0.679. The molecule has 21 heteroatoms. The van der Waals surface area contributed by atoms with E-state index in [1.54, 1.807) is 62.3 Å². The second kappa shape index (κ2) is 29.4. The van der Waals surface area contributed by atoms with Crippen LogP contribution in [-0.2, 0) is 68.6 Å². The molecule has 2 aliphatic rings. The molecule has 8 amide bonds. The summed E-state index contributed by atoms with van der Waals surface area (Å²) in [4.78, 5) is 141. The van der Waals surface area contributed by atoms with Crippen molar-refractivity contribution >= 4 is 59.2 Å². The number of esters is 2. The van der Waals surface area contributed by atoms with Gasteiger partial charge in [-0.3, -0.25) is 47.9 Å². The number of rotatable bonds is 26. The quantitative estimate of drug-likeness (QED) is 0.0574. The zero-order chi connectivity index (χ0) is 58.0. The first-order valence-electron chi connectivity index (χ1n) is 26.9. The Labute approximate surface area is 455 Å². The molecule has 0 spiro atoms. The second-order valence-electron chi connectivity index (χ2n) is 23.3. The zero-order valence-corrected chi connectivity index (χ0v) is 47.8. The van der Waals surface area contributed by atoms with Gasteiger partial charge in [0.2, 0.25) is 47.3 Å². The monoisotopic (exact) mass is 1080 g/mol. The van der Waals surface area contributed by atoms with Crippen LogP contribution in [0.4, 0.5) is 0 Å². The summed E-state index contributed by atoms with van der Waals surface area (Å²) in [5.41, 5.74) is -1.84. The SMILES string of the molecule is C=CCNC(=O)[C@@H]1CCCN1C(=O)[C@@H](CCC(=O)OC(C)(C)C)NC(=O)[C@H](NC(=O)[C@@H](CCC(=O)OC(C)(C)C)NC(=O)[C@H]1CCCN1C(=O)[C@@H](CC(C)C)NC(=O)[C@@H](Cc1ccccc1)NC(C)=O)[C@@H](C)OC(C)(C)C. The van der Waals surface area contributed by atoms with E-state index < -0.39 is 124 Å². The first-order chi connectivity index (χ1) is 35.8. The number of nitrogens with zero attached hydrogens (tertiary/aromatic N) is 2. The zero-order valence-electron chi connectivity index (χ0n) is 47.8. The molecule has 0 unspecified atom stereocenters. The molecular weight excluding hydrogens is 993 g/mol. The van der Waals surface area contributed by atoms with Crippen molar-refractivity contribution in [2.45, 2.75) is 219 Å². The van der Waals surface area contributed by atoms with Crippen LogP contribution in [0.3, 0.4) is 0 Å². The Kier molecular flexibility index (Phi) is 24.8. The summed E-state index contributed by atoms with van der Waals surface area (Å²) < 4.78 is 17.3. The fourth-order valence-corrected chi connectivity index (χ4v) is 9.21. The maximum Gasteiger partial charge on any atom is 0.306 e. The van der Waals surface area contributed by atoms with Crippen molar-refractivity contribution in [3.05, 3.63) is 48.6 Å². The highest BCUT2D eigenvalue weighted by Crippen LogP contribution is 2.24. The van der Waals surface area contributed by atoms with Crippen molar-refractivity contribution < 1.29 is 62.2 Å². The van der Waals surface area contributed by atoms with Gasteiger partial charge in [0.05, 0.1) is 11.7 Å². The molecule has 2 saturated heterocycles. The molecule has 6 N–H and O–H groups in total. The van der Waals surface area contributed by atoms with Crippen LogP contribution < -0.4 is 31.9 Å². The average molecular weight is 1080 g/mol. The number of hydrogen-bond donors (Lipinski definition) is 6. The summed E-state index contributed by atoms with van der Waals surface area (Å²) in [6.45, 7) is 26.0. The van der Waals surface area contributed by atoms with Gasteiger partial charge in [-0.05, 0) is 126 Å². The number of benzene rings is 1. The van der Waals surface area contributed by atoms with Crippen LogP contribution in [0.25, 0.3) is 0 Å². The maximum absolute atomic E-state index is 14.7. The molecule has 8 atom stereocenters. The third kappa shape index (κ3) is 22.6. The first-order valence-corrected chi connectivity index (χ1v) is 26.9. The Balaban J connectivity index is 2.00. The molecular formula is C56H88N8O13. The topological polar surface area (TPSA) is 277 Å². The van der Waals surface area contributed by atoms with Crippen LogP contribution in [0, 0.1) is 5.92 Å². The molecule has 0 saturated carbocycles. The normalized spacial score (nSPS) is 18.1. The number of likely N-dealkylation sites (tertiary alicyclic amines) is 2. The third-order valence-corrected chi connectivity index (χ3v) is 12.3. The van der Waals surface area contributed by atoms with Crippen LogP contribution in [-0.4, -0.2) is 154 Å². The molecule has 2 aliphatic heterocycles. The number of amides is 8. The summed E-state index contributed by atoms with van der Waals surface area (Å²) in [5, 5.41) is 16.4. The van der Waals surface area contributed by atoms with Gasteiger partial charge in [0.1, 0.15) is 53.5 Å². The van der Waals surface area contributed by atoms with Crippen molar-refractivity contribution in [2.24, 2.45) is 5.92 Å². The predicted molar refractivity (Wildman–Crippen MR) is 288 cm³/mol. The Bertz CT molecular complexity index is 2240. The minimum Gasteiger partial charge on any atom is -0.460 e.